The third-order valence-corrected chi connectivity index (χ3v) is 7.94. The van der Waals surface area contributed by atoms with Crippen molar-refractivity contribution in [3.63, 3.8) is 0 Å². The number of sulfonamides is 1. The Balaban J connectivity index is 2.10. The first kappa shape index (κ1) is 31.4. The molecule has 3 rings (SSSR count). The van der Waals surface area contributed by atoms with Gasteiger partial charge in [-0.2, -0.15) is 0 Å². The number of rotatable bonds is 10. The molecular weight excluding hydrogens is 590 g/mol. The number of nitrogens with zero attached hydrogens (tertiary/aromatic N) is 2. The van der Waals surface area contributed by atoms with Crippen molar-refractivity contribution in [1.29, 1.82) is 0 Å². The summed E-state index contributed by atoms with van der Waals surface area (Å²) in [5.41, 5.74) is 3.21. The normalized spacial score (nSPS) is 12.5. The van der Waals surface area contributed by atoms with Crippen LogP contribution in [0.25, 0.3) is 0 Å². The molecule has 7 nitrogen and oxygen atoms in total. The first-order valence-electron chi connectivity index (χ1n) is 13.1. The molecule has 214 valence electrons. The molecule has 0 fully saturated rings. The van der Waals surface area contributed by atoms with Crippen LogP contribution in [0.4, 0.5) is 5.69 Å². The monoisotopic (exact) mass is 627 g/mol. The highest BCUT2D eigenvalue weighted by Gasteiger charge is 2.34. The molecule has 0 saturated heterocycles. The lowest BCUT2D eigenvalue weighted by atomic mass is 10.0. The molecule has 0 spiro atoms. The second-order valence-electron chi connectivity index (χ2n) is 11.2. The molecule has 0 aliphatic rings. The molecule has 0 aliphatic carbocycles. The lowest BCUT2D eigenvalue weighted by molar-refractivity contribution is -0.140. The molecule has 1 unspecified atom stereocenters. The first-order chi connectivity index (χ1) is 18.6. The highest BCUT2D eigenvalue weighted by atomic mass is 79.9. The van der Waals surface area contributed by atoms with Gasteiger partial charge in [0.2, 0.25) is 21.8 Å². The molecular formula is C31H38BrN3O4S. The minimum Gasteiger partial charge on any atom is -0.350 e. The molecule has 1 N–H and O–H groups in total. The first-order valence-corrected chi connectivity index (χ1v) is 15.7. The Labute approximate surface area is 246 Å². The standard InChI is InChI=1S/C31H38BrN3O4S/c1-22-15-16-23(2)27(17-22)35(40(6,38)39)21-29(36)34(20-25-13-10-14-26(32)18-25)28(30(37)33-31(3,4)5)19-24-11-8-7-9-12-24/h7-18,28H,19-21H2,1-6H3,(H,33,37). The fraction of sp³-hybridized carbons (Fsp3) is 0.355. The van der Waals surface area contributed by atoms with Gasteiger partial charge in [0.15, 0.2) is 0 Å². The predicted molar refractivity (Wildman–Crippen MR) is 165 cm³/mol. The minimum atomic E-state index is -3.82. The number of aryl methyl sites for hydroxylation is 2. The zero-order chi connectivity index (χ0) is 29.7. The molecule has 9 heteroatoms. The number of carbonyl (C=O) groups is 2. The van der Waals surface area contributed by atoms with Gasteiger partial charge in [0.25, 0.3) is 0 Å². The number of hydrogen-bond donors (Lipinski definition) is 1. The van der Waals surface area contributed by atoms with Crippen LogP contribution in [0.5, 0.6) is 0 Å². The van der Waals surface area contributed by atoms with Gasteiger partial charge in [0.1, 0.15) is 12.6 Å². The molecule has 0 bridgehead atoms. The van der Waals surface area contributed by atoms with E-state index in [1.54, 1.807) is 6.07 Å². The van der Waals surface area contributed by atoms with E-state index in [4.69, 9.17) is 0 Å². The summed E-state index contributed by atoms with van der Waals surface area (Å²) < 4.78 is 28.0. The van der Waals surface area contributed by atoms with Gasteiger partial charge in [0, 0.05) is 23.0 Å². The van der Waals surface area contributed by atoms with Crippen molar-refractivity contribution >= 4 is 43.5 Å². The van der Waals surface area contributed by atoms with Gasteiger partial charge in [-0.3, -0.25) is 13.9 Å². The lowest BCUT2D eigenvalue weighted by Crippen LogP contribution is -2.56. The molecule has 2 amide bonds. The van der Waals surface area contributed by atoms with Crippen LogP contribution in [0.2, 0.25) is 0 Å². The van der Waals surface area contributed by atoms with Crippen LogP contribution in [0.1, 0.15) is 43.0 Å². The van der Waals surface area contributed by atoms with E-state index in [9.17, 15) is 18.0 Å². The van der Waals surface area contributed by atoms with Crippen LogP contribution in [-0.2, 0) is 32.6 Å². The highest BCUT2D eigenvalue weighted by Crippen LogP contribution is 2.25. The second kappa shape index (κ2) is 13.0. The number of halogens is 1. The van der Waals surface area contributed by atoms with Gasteiger partial charge in [-0.25, -0.2) is 8.42 Å². The molecule has 0 saturated carbocycles. The van der Waals surface area contributed by atoms with Crippen LogP contribution >= 0.6 is 15.9 Å². The van der Waals surface area contributed by atoms with E-state index < -0.39 is 34.1 Å². The number of benzene rings is 3. The Kier molecular flexibility index (Phi) is 10.2. The molecule has 0 heterocycles. The Morgan fingerprint density at radius 3 is 2.17 bits per heavy atom. The van der Waals surface area contributed by atoms with Gasteiger partial charge < -0.3 is 10.2 Å². The zero-order valence-electron chi connectivity index (χ0n) is 23.9. The second-order valence-corrected chi connectivity index (χ2v) is 14.0. The maximum absolute atomic E-state index is 14.2. The Bertz CT molecular complexity index is 1450. The highest BCUT2D eigenvalue weighted by molar-refractivity contribution is 9.10. The topological polar surface area (TPSA) is 86.8 Å². The smallest absolute Gasteiger partial charge is 0.244 e. The summed E-state index contributed by atoms with van der Waals surface area (Å²) in [5, 5.41) is 3.03. The molecule has 0 aliphatic heterocycles. The van der Waals surface area contributed by atoms with Crippen molar-refractivity contribution in [1.82, 2.24) is 10.2 Å². The van der Waals surface area contributed by atoms with E-state index in [1.807, 2.05) is 101 Å². The SMILES string of the molecule is Cc1ccc(C)c(N(CC(=O)N(Cc2cccc(Br)c2)C(Cc2ccccc2)C(=O)NC(C)(C)C)S(C)(=O)=O)c1. The third kappa shape index (κ3) is 8.93. The van der Waals surface area contributed by atoms with E-state index in [2.05, 4.69) is 21.2 Å². The summed E-state index contributed by atoms with van der Waals surface area (Å²) in [5.74, 6) is -0.784. The number of anilines is 1. The summed E-state index contributed by atoms with van der Waals surface area (Å²) in [6.45, 7) is 9.02. The van der Waals surface area contributed by atoms with Crippen molar-refractivity contribution in [2.24, 2.45) is 0 Å². The molecule has 40 heavy (non-hydrogen) atoms. The van der Waals surface area contributed by atoms with Crippen LogP contribution in [0.3, 0.4) is 0 Å². The van der Waals surface area contributed by atoms with E-state index in [0.717, 1.165) is 37.3 Å². The average Bonchev–Trinajstić information content (AvgIpc) is 2.85. The van der Waals surface area contributed by atoms with Crippen LogP contribution < -0.4 is 9.62 Å². The molecule has 3 aromatic carbocycles. The average molecular weight is 629 g/mol. The Morgan fingerprint density at radius 1 is 0.925 bits per heavy atom. The van der Waals surface area contributed by atoms with Gasteiger partial charge in [-0.15, -0.1) is 0 Å². The quantitative estimate of drug-likeness (QED) is 0.327. The fourth-order valence-corrected chi connectivity index (χ4v) is 5.77. The van der Waals surface area contributed by atoms with E-state index in [0.29, 0.717) is 5.69 Å². The number of carbonyl (C=O) groups excluding carboxylic acids is 2. The molecule has 3 aromatic rings. The number of amides is 2. The van der Waals surface area contributed by atoms with Gasteiger partial charge >= 0.3 is 0 Å². The Morgan fingerprint density at radius 2 is 1.57 bits per heavy atom. The minimum absolute atomic E-state index is 0.123. The van der Waals surface area contributed by atoms with E-state index >= 15 is 0 Å². The third-order valence-electron chi connectivity index (χ3n) is 6.32. The number of nitrogens with one attached hydrogen (secondary N) is 1. The van der Waals surface area contributed by atoms with Crippen molar-refractivity contribution in [2.45, 2.75) is 59.2 Å². The van der Waals surface area contributed by atoms with Gasteiger partial charge in [0.05, 0.1) is 11.9 Å². The van der Waals surface area contributed by atoms with Crippen molar-refractivity contribution in [2.75, 3.05) is 17.1 Å². The van der Waals surface area contributed by atoms with Crippen molar-refractivity contribution < 1.29 is 18.0 Å². The molecule has 0 radical (unpaired) electrons. The fourth-order valence-electron chi connectivity index (χ4n) is 4.42. The molecule has 1 atom stereocenters. The lowest BCUT2D eigenvalue weighted by Gasteiger charge is -2.35. The van der Waals surface area contributed by atoms with Crippen LogP contribution in [0.15, 0.2) is 77.3 Å². The largest absolute Gasteiger partial charge is 0.350 e. The van der Waals surface area contributed by atoms with E-state index in [-0.39, 0.29) is 18.9 Å². The van der Waals surface area contributed by atoms with Gasteiger partial charge in [-0.1, -0.05) is 70.5 Å². The summed E-state index contributed by atoms with van der Waals surface area (Å²) >= 11 is 3.49. The number of hydrogen-bond acceptors (Lipinski definition) is 4. The van der Waals surface area contributed by atoms with Crippen LogP contribution in [0, 0.1) is 13.8 Å². The summed E-state index contributed by atoms with van der Waals surface area (Å²) in [4.78, 5) is 29.5. The van der Waals surface area contributed by atoms with Crippen molar-refractivity contribution in [3.8, 4) is 0 Å². The summed E-state index contributed by atoms with van der Waals surface area (Å²) in [7, 11) is -3.82. The van der Waals surface area contributed by atoms with Gasteiger partial charge in [-0.05, 0) is 75.1 Å². The zero-order valence-corrected chi connectivity index (χ0v) is 26.3. The molecule has 0 aromatic heterocycles. The maximum Gasteiger partial charge on any atom is 0.244 e. The predicted octanol–water partition coefficient (Wildman–Crippen LogP) is 5.39. The summed E-state index contributed by atoms with van der Waals surface area (Å²) in [6, 6.07) is 21.6. The van der Waals surface area contributed by atoms with Crippen LogP contribution in [-0.4, -0.2) is 49.5 Å². The van der Waals surface area contributed by atoms with E-state index in [1.165, 1.54) is 4.90 Å². The maximum atomic E-state index is 14.2. The Hall–Kier alpha value is -3.17. The summed E-state index contributed by atoms with van der Waals surface area (Å²) in [6.07, 6.45) is 1.36. The van der Waals surface area contributed by atoms with Crippen molar-refractivity contribution in [3.05, 3.63) is 99.5 Å².